The van der Waals surface area contributed by atoms with Crippen molar-refractivity contribution in [1.29, 1.82) is 0 Å². The van der Waals surface area contributed by atoms with Crippen molar-refractivity contribution < 1.29 is 9.53 Å². The van der Waals surface area contributed by atoms with E-state index in [1.54, 1.807) is 19.2 Å². The molecule has 0 unspecified atom stereocenters. The van der Waals surface area contributed by atoms with Gasteiger partial charge in [0.25, 0.3) is 5.91 Å². The standard InChI is InChI=1S/C10H12BrNO2/c1-12-10(13)8-4-2-3-5-9(8)14-7-6-11/h2-5H,6-7H2,1H3,(H,12,13). The van der Waals surface area contributed by atoms with Gasteiger partial charge >= 0.3 is 0 Å². The number of carbonyl (C=O) groups excluding carboxylic acids is 1. The molecule has 0 spiro atoms. The lowest BCUT2D eigenvalue weighted by Gasteiger charge is -2.08. The quantitative estimate of drug-likeness (QED) is 0.836. The maximum Gasteiger partial charge on any atom is 0.254 e. The van der Waals surface area contributed by atoms with Crippen LogP contribution in [-0.4, -0.2) is 24.9 Å². The van der Waals surface area contributed by atoms with Crippen LogP contribution in [0.15, 0.2) is 24.3 Å². The summed E-state index contributed by atoms with van der Waals surface area (Å²) in [6.07, 6.45) is 0. The second-order valence-electron chi connectivity index (χ2n) is 2.61. The Morgan fingerprint density at radius 1 is 1.50 bits per heavy atom. The third kappa shape index (κ3) is 2.73. The summed E-state index contributed by atoms with van der Waals surface area (Å²) in [5.74, 6) is 0.487. The van der Waals surface area contributed by atoms with Crippen LogP contribution in [0.4, 0.5) is 0 Å². The number of hydrogen-bond acceptors (Lipinski definition) is 2. The zero-order valence-corrected chi connectivity index (χ0v) is 9.50. The fourth-order valence-corrected chi connectivity index (χ4v) is 1.23. The molecule has 1 aromatic carbocycles. The van der Waals surface area contributed by atoms with Gasteiger partial charge in [-0.05, 0) is 12.1 Å². The van der Waals surface area contributed by atoms with E-state index < -0.39 is 0 Å². The maximum atomic E-state index is 11.4. The molecule has 0 atom stereocenters. The van der Waals surface area contributed by atoms with Crippen LogP contribution in [0.2, 0.25) is 0 Å². The van der Waals surface area contributed by atoms with E-state index in [4.69, 9.17) is 4.74 Å². The van der Waals surface area contributed by atoms with Crippen molar-refractivity contribution in [2.24, 2.45) is 0 Å². The molecule has 3 nitrogen and oxygen atoms in total. The van der Waals surface area contributed by atoms with Gasteiger partial charge in [0, 0.05) is 12.4 Å². The van der Waals surface area contributed by atoms with Gasteiger partial charge in [0.2, 0.25) is 0 Å². The minimum absolute atomic E-state index is 0.129. The Morgan fingerprint density at radius 3 is 2.86 bits per heavy atom. The van der Waals surface area contributed by atoms with Crippen molar-refractivity contribution >= 4 is 21.8 Å². The highest BCUT2D eigenvalue weighted by Gasteiger charge is 2.09. The predicted molar refractivity (Wildman–Crippen MR) is 59.1 cm³/mol. The Labute approximate surface area is 91.6 Å². The molecule has 0 fully saturated rings. The van der Waals surface area contributed by atoms with Crippen LogP contribution in [0.25, 0.3) is 0 Å². The molecule has 0 saturated heterocycles. The van der Waals surface area contributed by atoms with Crippen molar-refractivity contribution in [3.8, 4) is 5.75 Å². The van der Waals surface area contributed by atoms with Crippen LogP contribution < -0.4 is 10.1 Å². The number of para-hydroxylation sites is 1. The summed E-state index contributed by atoms with van der Waals surface area (Å²) in [6.45, 7) is 0.550. The number of benzene rings is 1. The fourth-order valence-electron chi connectivity index (χ4n) is 1.06. The number of carbonyl (C=O) groups is 1. The van der Waals surface area contributed by atoms with E-state index in [1.165, 1.54) is 0 Å². The Bertz CT molecular complexity index is 315. The second kappa shape index (κ2) is 5.65. The number of halogens is 1. The van der Waals surface area contributed by atoms with E-state index in [-0.39, 0.29) is 5.91 Å². The zero-order chi connectivity index (χ0) is 10.4. The molecular formula is C10H12BrNO2. The van der Waals surface area contributed by atoms with Crippen molar-refractivity contribution in [2.75, 3.05) is 19.0 Å². The van der Waals surface area contributed by atoms with Crippen LogP contribution in [0.5, 0.6) is 5.75 Å². The smallest absolute Gasteiger partial charge is 0.254 e. The summed E-state index contributed by atoms with van der Waals surface area (Å²) >= 11 is 3.26. The van der Waals surface area contributed by atoms with E-state index in [1.807, 2.05) is 12.1 Å². The van der Waals surface area contributed by atoms with Crippen molar-refractivity contribution in [3.05, 3.63) is 29.8 Å². The highest BCUT2D eigenvalue weighted by atomic mass is 79.9. The summed E-state index contributed by atoms with van der Waals surface area (Å²) in [7, 11) is 1.60. The first-order valence-electron chi connectivity index (χ1n) is 4.29. The Hall–Kier alpha value is -1.03. The highest BCUT2D eigenvalue weighted by molar-refractivity contribution is 9.09. The van der Waals surface area contributed by atoms with Crippen LogP contribution >= 0.6 is 15.9 Å². The molecule has 1 N–H and O–H groups in total. The summed E-state index contributed by atoms with van der Waals surface area (Å²) in [5.41, 5.74) is 0.566. The van der Waals surface area contributed by atoms with Gasteiger partial charge in [0.15, 0.2) is 0 Å². The van der Waals surface area contributed by atoms with Gasteiger partial charge in [0.05, 0.1) is 12.2 Å². The van der Waals surface area contributed by atoms with E-state index >= 15 is 0 Å². The molecule has 0 bridgehead atoms. The number of rotatable bonds is 4. The molecule has 0 aromatic heterocycles. The summed E-state index contributed by atoms with van der Waals surface area (Å²) < 4.78 is 5.40. The second-order valence-corrected chi connectivity index (χ2v) is 3.41. The third-order valence-electron chi connectivity index (χ3n) is 1.69. The van der Waals surface area contributed by atoms with Crippen molar-refractivity contribution in [3.63, 3.8) is 0 Å². The topological polar surface area (TPSA) is 38.3 Å². The molecule has 1 aromatic rings. The number of hydrogen-bond donors (Lipinski definition) is 1. The van der Waals surface area contributed by atoms with E-state index in [2.05, 4.69) is 21.2 Å². The van der Waals surface area contributed by atoms with Gasteiger partial charge in [-0.25, -0.2) is 0 Å². The normalized spacial score (nSPS) is 9.57. The van der Waals surface area contributed by atoms with E-state index in [9.17, 15) is 4.79 Å². The molecule has 14 heavy (non-hydrogen) atoms. The third-order valence-corrected chi connectivity index (χ3v) is 2.02. The molecular weight excluding hydrogens is 246 g/mol. The minimum Gasteiger partial charge on any atom is -0.492 e. The lowest BCUT2D eigenvalue weighted by Crippen LogP contribution is -2.19. The van der Waals surface area contributed by atoms with Gasteiger partial charge < -0.3 is 10.1 Å². The molecule has 0 aliphatic carbocycles. The number of ether oxygens (including phenoxy) is 1. The van der Waals surface area contributed by atoms with Gasteiger partial charge in [-0.3, -0.25) is 4.79 Å². The largest absolute Gasteiger partial charge is 0.492 e. The lowest BCUT2D eigenvalue weighted by molar-refractivity contribution is 0.0959. The highest BCUT2D eigenvalue weighted by Crippen LogP contribution is 2.17. The molecule has 76 valence electrons. The number of amides is 1. The van der Waals surface area contributed by atoms with Crippen LogP contribution in [0.1, 0.15) is 10.4 Å². The average Bonchev–Trinajstić information content (AvgIpc) is 2.25. The van der Waals surface area contributed by atoms with Crippen LogP contribution in [0, 0.1) is 0 Å². The summed E-state index contributed by atoms with van der Waals surface area (Å²) in [6, 6.07) is 7.18. The van der Waals surface area contributed by atoms with E-state index in [0.717, 1.165) is 5.33 Å². The predicted octanol–water partition coefficient (Wildman–Crippen LogP) is 1.82. The van der Waals surface area contributed by atoms with Crippen LogP contribution in [0.3, 0.4) is 0 Å². The van der Waals surface area contributed by atoms with Gasteiger partial charge in [-0.2, -0.15) is 0 Å². The monoisotopic (exact) mass is 257 g/mol. The molecule has 4 heteroatoms. The maximum absolute atomic E-state index is 11.4. The number of alkyl halides is 1. The Balaban J connectivity index is 2.85. The number of nitrogens with one attached hydrogen (secondary N) is 1. The van der Waals surface area contributed by atoms with Gasteiger partial charge in [-0.1, -0.05) is 28.1 Å². The van der Waals surface area contributed by atoms with Gasteiger partial charge in [0.1, 0.15) is 5.75 Å². The zero-order valence-electron chi connectivity index (χ0n) is 7.92. The molecule has 0 saturated carbocycles. The molecule has 0 radical (unpaired) electrons. The van der Waals surface area contributed by atoms with Gasteiger partial charge in [-0.15, -0.1) is 0 Å². The Kier molecular flexibility index (Phi) is 4.46. The first-order valence-corrected chi connectivity index (χ1v) is 5.41. The molecule has 1 amide bonds. The summed E-state index contributed by atoms with van der Waals surface area (Å²) in [4.78, 5) is 11.4. The molecule has 0 aliphatic heterocycles. The SMILES string of the molecule is CNC(=O)c1ccccc1OCCBr. The molecule has 0 heterocycles. The van der Waals surface area contributed by atoms with Crippen LogP contribution in [-0.2, 0) is 0 Å². The first kappa shape index (κ1) is 11.0. The van der Waals surface area contributed by atoms with Crippen molar-refractivity contribution in [2.45, 2.75) is 0 Å². The molecule has 0 aliphatic rings. The lowest BCUT2D eigenvalue weighted by atomic mass is 10.2. The molecule has 1 rings (SSSR count). The average molecular weight is 258 g/mol. The minimum atomic E-state index is -0.129. The fraction of sp³-hybridized carbons (Fsp3) is 0.300. The Morgan fingerprint density at radius 2 is 2.21 bits per heavy atom. The van der Waals surface area contributed by atoms with E-state index in [0.29, 0.717) is 17.9 Å². The first-order chi connectivity index (χ1) is 6.79. The summed E-state index contributed by atoms with van der Waals surface area (Å²) in [5, 5.41) is 3.31. The van der Waals surface area contributed by atoms with Crippen molar-refractivity contribution in [1.82, 2.24) is 5.32 Å².